The monoisotopic (exact) mass is 246 g/mol. The minimum atomic E-state index is -1.51. The van der Waals surface area contributed by atoms with Gasteiger partial charge in [-0.05, 0) is 36.5 Å². The van der Waals surface area contributed by atoms with Gasteiger partial charge in [0.05, 0.1) is 6.10 Å². The summed E-state index contributed by atoms with van der Waals surface area (Å²) in [5, 5.41) is 9.97. The van der Waals surface area contributed by atoms with E-state index < -0.39 is 23.6 Å². The number of rotatable bonds is 2. The van der Waals surface area contributed by atoms with Gasteiger partial charge in [-0.3, -0.25) is 0 Å². The zero-order valence-corrected chi connectivity index (χ0v) is 9.13. The smallest absolute Gasteiger partial charge is 0.194 e. The van der Waals surface area contributed by atoms with Gasteiger partial charge in [0.25, 0.3) is 0 Å². The molecule has 1 aliphatic rings. The van der Waals surface area contributed by atoms with Crippen molar-refractivity contribution >= 4 is 0 Å². The van der Waals surface area contributed by atoms with E-state index in [0.717, 1.165) is 12.1 Å². The lowest BCUT2D eigenvalue weighted by molar-refractivity contribution is 0.00692. The van der Waals surface area contributed by atoms with Crippen molar-refractivity contribution in [1.29, 1.82) is 0 Å². The zero-order chi connectivity index (χ0) is 12.4. The fourth-order valence-corrected chi connectivity index (χ4v) is 2.05. The van der Waals surface area contributed by atoms with Crippen molar-refractivity contribution in [2.75, 3.05) is 13.2 Å². The van der Waals surface area contributed by atoms with E-state index in [2.05, 4.69) is 0 Å². The highest BCUT2D eigenvalue weighted by Crippen LogP contribution is 2.31. The molecular formula is C12H13F3O2. The summed E-state index contributed by atoms with van der Waals surface area (Å²) in [6.07, 6.45) is 0.271. The predicted molar refractivity (Wildman–Crippen MR) is 54.8 cm³/mol. The fraction of sp³-hybridized carbons (Fsp3) is 0.500. The number of aliphatic hydroxyl groups excluding tert-OH is 1. The Kier molecular flexibility index (Phi) is 3.69. The van der Waals surface area contributed by atoms with Gasteiger partial charge in [-0.1, -0.05) is 0 Å². The van der Waals surface area contributed by atoms with E-state index in [1.54, 1.807) is 0 Å². The van der Waals surface area contributed by atoms with Crippen molar-refractivity contribution in [3.63, 3.8) is 0 Å². The molecule has 1 aliphatic heterocycles. The highest BCUT2D eigenvalue weighted by molar-refractivity contribution is 5.22. The van der Waals surface area contributed by atoms with Crippen molar-refractivity contribution in [3.8, 4) is 0 Å². The Bertz CT molecular complexity index is 380. The molecule has 0 bridgehead atoms. The normalized spacial score (nSPS) is 19.3. The van der Waals surface area contributed by atoms with Crippen LogP contribution in [0.3, 0.4) is 0 Å². The molecule has 94 valence electrons. The second kappa shape index (κ2) is 5.06. The summed E-state index contributed by atoms with van der Waals surface area (Å²) in [6.45, 7) is 1.04. The summed E-state index contributed by atoms with van der Waals surface area (Å²) < 4.78 is 43.9. The van der Waals surface area contributed by atoms with Crippen molar-refractivity contribution in [2.45, 2.75) is 18.9 Å². The quantitative estimate of drug-likeness (QED) is 0.813. The topological polar surface area (TPSA) is 29.5 Å². The molecule has 1 aromatic carbocycles. The van der Waals surface area contributed by atoms with Crippen molar-refractivity contribution < 1.29 is 23.0 Å². The second-order valence-corrected chi connectivity index (χ2v) is 4.19. The molecule has 0 saturated carbocycles. The van der Waals surface area contributed by atoms with Crippen LogP contribution in [0.2, 0.25) is 0 Å². The molecule has 2 nitrogen and oxygen atoms in total. The molecule has 1 unspecified atom stereocenters. The molecule has 0 radical (unpaired) electrons. The van der Waals surface area contributed by atoms with Gasteiger partial charge in [0.1, 0.15) is 0 Å². The van der Waals surface area contributed by atoms with Crippen LogP contribution in [0.1, 0.15) is 24.5 Å². The Morgan fingerprint density at radius 2 is 1.65 bits per heavy atom. The van der Waals surface area contributed by atoms with E-state index in [0.29, 0.717) is 26.1 Å². The van der Waals surface area contributed by atoms with Crippen LogP contribution in [0.25, 0.3) is 0 Å². The Hall–Kier alpha value is -1.07. The molecule has 1 fully saturated rings. The van der Waals surface area contributed by atoms with Gasteiger partial charge in [0.15, 0.2) is 17.5 Å². The molecule has 17 heavy (non-hydrogen) atoms. The molecule has 1 atom stereocenters. The van der Waals surface area contributed by atoms with Gasteiger partial charge in [0.2, 0.25) is 0 Å². The Morgan fingerprint density at radius 1 is 1.12 bits per heavy atom. The molecule has 5 heteroatoms. The van der Waals surface area contributed by atoms with Crippen molar-refractivity contribution in [3.05, 3.63) is 35.1 Å². The number of halogens is 3. The van der Waals surface area contributed by atoms with Gasteiger partial charge in [-0.15, -0.1) is 0 Å². The largest absolute Gasteiger partial charge is 0.388 e. The van der Waals surface area contributed by atoms with E-state index in [9.17, 15) is 18.3 Å². The Morgan fingerprint density at radius 3 is 2.18 bits per heavy atom. The zero-order valence-electron chi connectivity index (χ0n) is 9.13. The number of hydrogen-bond donors (Lipinski definition) is 1. The fourth-order valence-electron chi connectivity index (χ4n) is 2.05. The molecule has 0 spiro atoms. The molecule has 2 rings (SSSR count). The van der Waals surface area contributed by atoms with Gasteiger partial charge >= 0.3 is 0 Å². The molecule has 1 heterocycles. The molecule has 1 N–H and O–H groups in total. The number of ether oxygens (including phenoxy) is 1. The highest BCUT2D eigenvalue weighted by Gasteiger charge is 2.25. The lowest BCUT2D eigenvalue weighted by Crippen LogP contribution is -2.22. The maximum atomic E-state index is 13.0. The SMILES string of the molecule is OC(c1cc(F)c(F)c(F)c1)C1CCOCC1. The lowest BCUT2D eigenvalue weighted by Gasteiger charge is -2.27. The molecule has 1 aromatic rings. The van der Waals surface area contributed by atoms with Crippen LogP contribution in [0.4, 0.5) is 13.2 Å². The molecule has 0 aliphatic carbocycles. The summed E-state index contributed by atoms with van der Waals surface area (Å²) in [7, 11) is 0. The van der Waals surface area contributed by atoms with E-state index in [4.69, 9.17) is 4.74 Å². The van der Waals surface area contributed by atoms with Crippen LogP contribution >= 0.6 is 0 Å². The third-order valence-corrected chi connectivity index (χ3v) is 3.06. The molecule has 1 saturated heterocycles. The highest BCUT2D eigenvalue weighted by atomic mass is 19.2. The summed E-state index contributed by atoms with van der Waals surface area (Å²) in [5.74, 6) is -4.15. The van der Waals surface area contributed by atoms with Crippen LogP contribution in [-0.4, -0.2) is 18.3 Å². The lowest BCUT2D eigenvalue weighted by atomic mass is 9.89. The van der Waals surface area contributed by atoms with E-state index >= 15 is 0 Å². The summed E-state index contributed by atoms with van der Waals surface area (Å²) in [4.78, 5) is 0. The first-order chi connectivity index (χ1) is 8.09. The third kappa shape index (κ3) is 2.61. The molecule has 0 aromatic heterocycles. The van der Waals surface area contributed by atoms with E-state index in [1.807, 2.05) is 0 Å². The Labute approximate surface area is 97.0 Å². The molecule has 0 amide bonds. The van der Waals surface area contributed by atoms with Crippen LogP contribution in [0, 0.1) is 23.4 Å². The van der Waals surface area contributed by atoms with Crippen molar-refractivity contribution in [2.24, 2.45) is 5.92 Å². The summed E-state index contributed by atoms with van der Waals surface area (Å²) in [6, 6.07) is 1.69. The minimum Gasteiger partial charge on any atom is -0.388 e. The van der Waals surface area contributed by atoms with E-state index in [1.165, 1.54) is 0 Å². The van der Waals surface area contributed by atoms with Crippen LogP contribution < -0.4 is 0 Å². The number of benzene rings is 1. The number of hydrogen-bond acceptors (Lipinski definition) is 2. The summed E-state index contributed by atoms with van der Waals surface area (Å²) >= 11 is 0. The van der Waals surface area contributed by atoms with Crippen molar-refractivity contribution in [1.82, 2.24) is 0 Å². The van der Waals surface area contributed by atoms with Crippen LogP contribution in [0.5, 0.6) is 0 Å². The van der Waals surface area contributed by atoms with Gasteiger partial charge in [-0.2, -0.15) is 0 Å². The minimum absolute atomic E-state index is 0.0771. The number of aliphatic hydroxyl groups is 1. The van der Waals surface area contributed by atoms with Crippen LogP contribution in [-0.2, 0) is 4.74 Å². The average Bonchev–Trinajstić information content (AvgIpc) is 2.35. The molecular weight excluding hydrogens is 233 g/mol. The third-order valence-electron chi connectivity index (χ3n) is 3.06. The summed E-state index contributed by atoms with van der Waals surface area (Å²) in [5.41, 5.74) is 0.0771. The first-order valence-corrected chi connectivity index (χ1v) is 5.50. The van der Waals surface area contributed by atoms with Gasteiger partial charge < -0.3 is 9.84 Å². The van der Waals surface area contributed by atoms with E-state index in [-0.39, 0.29) is 11.5 Å². The maximum absolute atomic E-state index is 13.0. The van der Waals surface area contributed by atoms with Gasteiger partial charge in [-0.25, -0.2) is 13.2 Å². The first kappa shape index (κ1) is 12.4. The predicted octanol–water partition coefficient (Wildman–Crippen LogP) is 2.56. The van der Waals surface area contributed by atoms with Gasteiger partial charge in [0, 0.05) is 13.2 Å². The van der Waals surface area contributed by atoms with Crippen LogP contribution in [0.15, 0.2) is 12.1 Å². The average molecular weight is 246 g/mol. The maximum Gasteiger partial charge on any atom is 0.194 e. The Balaban J connectivity index is 2.21. The standard InChI is InChI=1S/C12H13F3O2/c13-9-5-8(6-10(14)11(9)15)12(16)7-1-3-17-4-2-7/h5-7,12,16H,1-4H2. The first-order valence-electron chi connectivity index (χ1n) is 5.50. The second-order valence-electron chi connectivity index (χ2n) is 4.19.